The minimum absolute atomic E-state index is 0.0232. The summed E-state index contributed by atoms with van der Waals surface area (Å²) in [5.41, 5.74) is -2.56. The first-order valence-corrected chi connectivity index (χ1v) is 15.8. The van der Waals surface area contributed by atoms with E-state index in [4.69, 9.17) is 14.7 Å². The van der Waals surface area contributed by atoms with Crippen molar-refractivity contribution >= 4 is 56.2 Å². The van der Waals surface area contributed by atoms with Crippen LogP contribution in [0.4, 0.5) is 42.1 Å². The molecule has 1 fully saturated rings. The predicted molar refractivity (Wildman–Crippen MR) is 170 cm³/mol. The Bertz CT molecular complexity index is 2080. The largest absolute Gasteiger partial charge is 0.496 e. The van der Waals surface area contributed by atoms with Gasteiger partial charge in [0.05, 0.1) is 35.2 Å². The maximum Gasteiger partial charge on any atom is 0.419 e. The predicted octanol–water partition coefficient (Wildman–Crippen LogP) is 6.58. The van der Waals surface area contributed by atoms with Gasteiger partial charge in [0.2, 0.25) is 5.91 Å². The van der Waals surface area contributed by atoms with Gasteiger partial charge in [-0.05, 0) is 55.0 Å². The van der Waals surface area contributed by atoms with Gasteiger partial charge in [0, 0.05) is 39.7 Å². The number of methoxy groups -OCH3 is 1. The molecular formula is C33H25F7N4O6S. The molecule has 51 heavy (non-hydrogen) atoms. The number of hydrogen-bond donors (Lipinski definition) is 4. The highest BCUT2D eigenvalue weighted by Crippen LogP contribution is 2.42. The Morgan fingerprint density at radius 3 is 2.41 bits per heavy atom. The maximum atomic E-state index is 13.9. The second kappa shape index (κ2) is 13.5. The Kier molecular flexibility index (Phi) is 9.41. The van der Waals surface area contributed by atoms with Crippen LogP contribution in [0.15, 0.2) is 59.8 Å². The molecule has 18 heteroatoms. The van der Waals surface area contributed by atoms with Gasteiger partial charge >= 0.3 is 12.4 Å². The van der Waals surface area contributed by atoms with Crippen LogP contribution < -0.4 is 20.7 Å². The van der Waals surface area contributed by atoms with Crippen molar-refractivity contribution in [1.29, 1.82) is 0 Å². The van der Waals surface area contributed by atoms with Gasteiger partial charge < -0.3 is 30.6 Å². The zero-order valence-electron chi connectivity index (χ0n) is 26.0. The number of aliphatic hydroxyl groups is 1. The molecule has 1 saturated carbocycles. The Labute approximate surface area is 287 Å². The number of carbonyl (C=O) groups excluding carboxylic acids is 3. The second-order valence-electron chi connectivity index (χ2n) is 11.7. The summed E-state index contributed by atoms with van der Waals surface area (Å²) in [4.78, 5) is 44.3. The summed E-state index contributed by atoms with van der Waals surface area (Å²) in [7, 11) is 1.29. The maximum absolute atomic E-state index is 13.9. The molecule has 3 atom stereocenters. The fourth-order valence-electron chi connectivity index (χ4n) is 6.04. The van der Waals surface area contributed by atoms with E-state index in [1.54, 1.807) is 6.07 Å². The summed E-state index contributed by atoms with van der Waals surface area (Å²) >= 11 is 0.546. The zero-order valence-corrected chi connectivity index (χ0v) is 26.9. The second-order valence-corrected chi connectivity index (χ2v) is 12.7. The number of ether oxygens (including phenoxy) is 1. The molecule has 4 aromatic rings. The van der Waals surface area contributed by atoms with Crippen LogP contribution >= 0.6 is 11.3 Å². The molecule has 4 N–H and O–H groups in total. The minimum atomic E-state index is -5.09. The number of benzene rings is 3. The Morgan fingerprint density at radius 1 is 0.961 bits per heavy atom. The molecule has 0 saturated heterocycles. The molecule has 1 aliphatic heterocycles. The van der Waals surface area contributed by atoms with Crippen LogP contribution in [-0.2, 0) is 22.0 Å². The standard InChI is InChI=1S/C33H25F7N4O6S/c1-49-23-7-2-14(27-19-10-17(41-26(46)13-45)12-24(19)50-44-27)8-20(23)30(47)43-28-18-5-3-15(32(35,36)37)9-25(18)51-29(28)31(48)42-16-4-6-22(34)21(11-16)33(38,39)40/h2-9,11,17,19,24,45H,10,12-13H2,1H3,(H,41,46)(H,42,48)(H,43,47). The van der Waals surface area contributed by atoms with Crippen molar-refractivity contribution < 1.29 is 59.8 Å². The van der Waals surface area contributed by atoms with Crippen LogP contribution in [0.2, 0.25) is 0 Å². The van der Waals surface area contributed by atoms with Gasteiger partial charge in [-0.1, -0.05) is 11.2 Å². The number of aliphatic hydroxyl groups excluding tert-OH is 1. The lowest BCUT2D eigenvalue weighted by molar-refractivity contribution is -0.140. The SMILES string of the molecule is COc1ccc(C2=NOC3CC(NC(=O)CO)CC23)cc1C(=O)Nc1c(C(=O)Nc2ccc(F)c(C(F)(F)F)c2)sc2cc(C(F)(F)F)ccc12. The van der Waals surface area contributed by atoms with E-state index < -0.39 is 59.3 Å². The fraction of sp³-hybridized carbons (Fsp3) is 0.273. The van der Waals surface area contributed by atoms with Crippen molar-refractivity contribution in [2.24, 2.45) is 11.1 Å². The topological polar surface area (TPSA) is 138 Å². The Hall–Kier alpha value is -5.23. The fourth-order valence-corrected chi connectivity index (χ4v) is 7.14. The van der Waals surface area contributed by atoms with Gasteiger partial charge in [-0.3, -0.25) is 14.4 Å². The molecule has 0 spiro atoms. The highest BCUT2D eigenvalue weighted by molar-refractivity contribution is 7.21. The summed E-state index contributed by atoms with van der Waals surface area (Å²) in [6.45, 7) is -0.678. The molecule has 10 nitrogen and oxygen atoms in total. The molecule has 268 valence electrons. The number of nitrogens with one attached hydrogen (secondary N) is 3. The number of oxime groups is 1. The summed E-state index contributed by atoms with van der Waals surface area (Å²) in [5, 5.41) is 20.7. The average molecular weight is 739 g/mol. The molecular weight excluding hydrogens is 713 g/mol. The molecule has 3 unspecified atom stereocenters. The first-order chi connectivity index (χ1) is 24.1. The molecule has 3 aromatic carbocycles. The number of alkyl halides is 6. The van der Waals surface area contributed by atoms with E-state index in [0.29, 0.717) is 47.6 Å². The van der Waals surface area contributed by atoms with Gasteiger partial charge in [-0.15, -0.1) is 11.3 Å². The summed E-state index contributed by atoms with van der Waals surface area (Å²) in [6, 6.07) is 8.53. The van der Waals surface area contributed by atoms with Crippen LogP contribution in [-0.4, -0.2) is 54.4 Å². The number of carbonyl (C=O) groups is 3. The van der Waals surface area contributed by atoms with E-state index in [1.807, 2.05) is 0 Å². The molecule has 0 bridgehead atoms. The van der Waals surface area contributed by atoms with Crippen molar-refractivity contribution in [3.05, 3.63) is 87.5 Å². The monoisotopic (exact) mass is 738 g/mol. The first kappa shape index (κ1) is 35.6. The Morgan fingerprint density at radius 2 is 1.73 bits per heavy atom. The quantitative estimate of drug-likeness (QED) is 0.151. The molecule has 1 aliphatic carbocycles. The highest BCUT2D eigenvalue weighted by Gasteiger charge is 2.44. The van der Waals surface area contributed by atoms with Gasteiger partial charge in [-0.25, -0.2) is 4.39 Å². The van der Waals surface area contributed by atoms with Gasteiger partial charge in [0.15, 0.2) is 0 Å². The number of hydrogen-bond acceptors (Lipinski definition) is 8. The molecule has 6 rings (SSSR count). The van der Waals surface area contributed by atoms with E-state index in [0.717, 1.165) is 24.3 Å². The highest BCUT2D eigenvalue weighted by atomic mass is 32.1. The lowest BCUT2D eigenvalue weighted by atomic mass is 9.93. The van der Waals surface area contributed by atoms with Crippen LogP contribution in [0.25, 0.3) is 10.1 Å². The van der Waals surface area contributed by atoms with Crippen molar-refractivity contribution in [1.82, 2.24) is 5.32 Å². The van der Waals surface area contributed by atoms with Gasteiger partial charge in [0.1, 0.15) is 29.2 Å². The smallest absolute Gasteiger partial charge is 0.419 e. The molecule has 0 radical (unpaired) electrons. The summed E-state index contributed by atoms with van der Waals surface area (Å²) < 4.78 is 99.8. The van der Waals surface area contributed by atoms with Crippen LogP contribution in [0.1, 0.15) is 49.6 Å². The van der Waals surface area contributed by atoms with Gasteiger partial charge in [-0.2, -0.15) is 26.3 Å². The van der Waals surface area contributed by atoms with Crippen LogP contribution in [0.5, 0.6) is 5.75 Å². The zero-order chi connectivity index (χ0) is 36.8. The van der Waals surface area contributed by atoms with Crippen molar-refractivity contribution in [2.45, 2.75) is 37.3 Å². The van der Waals surface area contributed by atoms with Crippen molar-refractivity contribution in [3.63, 3.8) is 0 Å². The lowest BCUT2D eigenvalue weighted by Crippen LogP contribution is -2.35. The summed E-state index contributed by atoms with van der Waals surface area (Å²) in [5.74, 6) is -4.29. The number of nitrogens with zero attached hydrogens (tertiary/aromatic N) is 1. The first-order valence-electron chi connectivity index (χ1n) is 15.0. The van der Waals surface area contributed by atoms with Crippen molar-refractivity contribution in [2.75, 3.05) is 24.4 Å². The van der Waals surface area contributed by atoms with Gasteiger partial charge in [0.25, 0.3) is 11.8 Å². The molecule has 2 aliphatic rings. The summed E-state index contributed by atoms with van der Waals surface area (Å²) in [6.07, 6.45) is -9.36. The molecule has 3 amide bonds. The number of rotatable bonds is 8. The van der Waals surface area contributed by atoms with E-state index >= 15 is 0 Å². The molecule has 1 aromatic heterocycles. The van der Waals surface area contributed by atoms with E-state index in [2.05, 4.69) is 21.1 Å². The lowest BCUT2D eigenvalue weighted by Gasteiger charge is -2.15. The third-order valence-electron chi connectivity index (χ3n) is 8.38. The van der Waals surface area contributed by atoms with E-state index in [1.165, 1.54) is 19.2 Å². The van der Waals surface area contributed by atoms with Crippen LogP contribution in [0.3, 0.4) is 0 Å². The third-order valence-corrected chi connectivity index (χ3v) is 9.53. The molecule has 2 heterocycles. The number of anilines is 2. The van der Waals surface area contributed by atoms with Crippen molar-refractivity contribution in [3.8, 4) is 5.75 Å². The normalized spacial score (nSPS) is 18.5. The minimum Gasteiger partial charge on any atom is -0.496 e. The van der Waals surface area contributed by atoms with E-state index in [9.17, 15) is 45.1 Å². The average Bonchev–Trinajstić information content (AvgIpc) is 3.77. The number of amides is 3. The number of fused-ring (bicyclic) bond motifs is 2. The van der Waals surface area contributed by atoms with Crippen LogP contribution in [0, 0.1) is 11.7 Å². The third kappa shape index (κ3) is 7.18. The number of thiophene rings is 1. The number of halogens is 7. The van der Waals surface area contributed by atoms with E-state index in [-0.39, 0.29) is 50.0 Å². The Balaban J connectivity index is 1.34.